The molecular formula is C22H36O11. The molecule has 2 heterocycles. The first-order valence-corrected chi connectivity index (χ1v) is 11.3. The van der Waals surface area contributed by atoms with E-state index in [0.29, 0.717) is 0 Å². The quantitative estimate of drug-likeness (QED) is 0.180. The lowest BCUT2D eigenvalue weighted by Gasteiger charge is -2.35. The van der Waals surface area contributed by atoms with Gasteiger partial charge in [-0.05, 0) is 6.42 Å². The van der Waals surface area contributed by atoms with Crippen LogP contribution < -0.4 is 0 Å². The zero-order chi connectivity index (χ0) is 24.4. The standard InChI is InChI=1S/C22H36O11/c1-2-3-4-5-6-7-8-9-10-30-21-19(29)17(27)20(14(12-24)32-21)33-22-18(28)16(26)15(25)13(11-23)31-22/h16-17,19,21,23-29H,2-12H2,1H3/t16-,17?,19+,21?/m0/s1. The van der Waals surface area contributed by atoms with E-state index < -0.39 is 66.8 Å². The molecule has 7 N–H and O–H groups in total. The van der Waals surface area contributed by atoms with E-state index in [2.05, 4.69) is 6.92 Å². The van der Waals surface area contributed by atoms with Crippen LogP contribution >= 0.6 is 0 Å². The highest BCUT2D eigenvalue weighted by Crippen LogP contribution is 2.32. The molecule has 2 aliphatic rings. The van der Waals surface area contributed by atoms with Crippen molar-refractivity contribution in [2.24, 2.45) is 0 Å². The van der Waals surface area contributed by atoms with Crippen LogP contribution in [0, 0.1) is 0 Å². The lowest BCUT2D eigenvalue weighted by Crippen LogP contribution is -2.47. The molecule has 0 aliphatic carbocycles. The second kappa shape index (κ2) is 13.6. The Bertz CT molecular complexity index is 715. The SMILES string of the molecule is CCCCCCCCCCOC1OC(CO)=C(OC2=C(O)[C@@H](O)C(O)=C(CO)O2)C(O)[C@H]1O. The van der Waals surface area contributed by atoms with E-state index >= 15 is 0 Å². The van der Waals surface area contributed by atoms with Crippen LogP contribution in [0.15, 0.2) is 34.7 Å². The largest absolute Gasteiger partial charge is 0.506 e. The van der Waals surface area contributed by atoms with E-state index in [4.69, 9.17) is 18.9 Å². The highest BCUT2D eigenvalue weighted by molar-refractivity contribution is 5.25. The van der Waals surface area contributed by atoms with Gasteiger partial charge in [-0.25, -0.2) is 0 Å². The van der Waals surface area contributed by atoms with Crippen LogP contribution in [0.3, 0.4) is 0 Å². The van der Waals surface area contributed by atoms with Gasteiger partial charge in [-0.1, -0.05) is 51.9 Å². The van der Waals surface area contributed by atoms with Gasteiger partial charge < -0.3 is 54.7 Å². The predicted octanol–water partition coefficient (Wildman–Crippen LogP) is 1.32. The van der Waals surface area contributed by atoms with Crippen LogP contribution in [-0.2, 0) is 18.9 Å². The maximum absolute atomic E-state index is 10.5. The fraction of sp³-hybridized carbons (Fsp3) is 0.727. The van der Waals surface area contributed by atoms with Crippen molar-refractivity contribution < 1.29 is 54.7 Å². The monoisotopic (exact) mass is 476 g/mol. The Balaban J connectivity index is 1.92. The molecule has 0 radical (unpaired) electrons. The normalized spacial score (nSPS) is 25.9. The zero-order valence-corrected chi connectivity index (χ0v) is 18.9. The summed E-state index contributed by atoms with van der Waals surface area (Å²) in [5.41, 5.74) is 0. The van der Waals surface area contributed by atoms with E-state index in [-0.39, 0.29) is 12.4 Å². The summed E-state index contributed by atoms with van der Waals surface area (Å²) in [6, 6.07) is 0. The molecule has 0 bridgehead atoms. The van der Waals surface area contributed by atoms with Crippen molar-refractivity contribution in [3.63, 3.8) is 0 Å². The molecule has 2 unspecified atom stereocenters. The smallest absolute Gasteiger partial charge is 0.333 e. The van der Waals surface area contributed by atoms with E-state index in [1.807, 2.05) is 0 Å². The van der Waals surface area contributed by atoms with Crippen LogP contribution in [-0.4, -0.2) is 80.2 Å². The predicted molar refractivity (Wildman–Crippen MR) is 114 cm³/mol. The Labute approximate surface area is 192 Å². The summed E-state index contributed by atoms with van der Waals surface area (Å²) in [5.74, 6) is -3.77. The molecule has 0 saturated carbocycles. The fourth-order valence-electron chi connectivity index (χ4n) is 3.43. The van der Waals surface area contributed by atoms with Gasteiger partial charge in [-0.3, -0.25) is 0 Å². The third-order valence-electron chi connectivity index (χ3n) is 5.40. The molecule has 4 atom stereocenters. The third-order valence-corrected chi connectivity index (χ3v) is 5.40. The average Bonchev–Trinajstić information content (AvgIpc) is 2.82. The third kappa shape index (κ3) is 7.23. The van der Waals surface area contributed by atoms with E-state index in [0.717, 1.165) is 25.7 Å². The number of ether oxygens (including phenoxy) is 4. The van der Waals surface area contributed by atoms with Crippen molar-refractivity contribution in [1.29, 1.82) is 0 Å². The van der Waals surface area contributed by atoms with Gasteiger partial charge in [0.2, 0.25) is 12.0 Å². The van der Waals surface area contributed by atoms with Crippen molar-refractivity contribution in [2.45, 2.75) is 82.9 Å². The molecule has 11 heteroatoms. The van der Waals surface area contributed by atoms with Crippen LogP contribution in [0.5, 0.6) is 0 Å². The highest BCUT2D eigenvalue weighted by Gasteiger charge is 2.42. The highest BCUT2D eigenvalue weighted by atomic mass is 16.7. The summed E-state index contributed by atoms with van der Waals surface area (Å²) < 4.78 is 21.2. The van der Waals surface area contributed by atoms with E-state index in [1.54, 1.807) is 0 Å². The van der Waals surface area contributed by atoms with Gasteiger partial charge in [0.05, 0.1) is 6.61 Å². The van der Waals surface area contributed by atoms with Crippen molar-refractivity contribution in [1.82, 2.24) is 0 Å². The van der Waals surface area contributed by atoms with Gasteiger partial charge in [-0.2, -0.15) is 0 Å². The number of unbranched alkanes of at least 4 members (excludes halogenated alkanes) is 7. The number of hydrogen-bond donors (Lipinski definition) is 7. The number of hydrogen-bond acceptors (Lipinski definition) is 11. The second-order valence-electron chi connectivity index (χ2n) is 7.96. The van der Waals surface area contributed by atoms with Gasteiger partial charge >= 0.3 is 5.95 Å². The summed E-state index contributed by atoms with van der Waals surface area (Å²) in [5, 5.41) is 69.1. The number of aliphatic hydroxyl groups is 7. The maximum Gasteiger partial charge on any atom is 0.333 e. The lowest BCUT2D eigenvalue weighted by atomic mass is 10.1. The minimum absolute atomic E-state index is 0.281. The summed E-state index contributed by atoms with van der Waals surface area (Å²) in [7, 11) is 0. The summed E-state index contributed by atoms with van der Waals surface area (Å²) in [4.78, 5) is 0. The Kier molecular flexibility index (Phi) is 11.2. The first-order chi connectivity index (χ1) is 15.8. The van der Waals surface area contributed by atoms with Crippen LogP contribution in [0.1, 0.15) is 58.3 Å². The Morgan fingerprint density at radius 3 is 2.03 bits per heavy atom. The average molecular weight is 477 g/mol. The molecule has 0 aromatic carbocycles. The molecule has 33 heavy (non-hydrogen) atoms. The van der Waals surface area contributed by atoms with Gasteiger partial charge in [0.15, 0.2) is 29.1 Å². The van der Waals surface area contributed by atoms with E-state index in [9.17, 15) is 35.7 Å². The summed E-state index contributed by atoms with van der Waals surface area (Å²) in [6.07, 6.45) is 2.35. The maximum atomic E-state index is 10.5. The van der Waals surface area contributed by atoms with Gasteiger partial charge in [0, 0.05) is 0 Å². The number of rotatable bonds is 14. The van der Waals surface area contributed by atoms with Crippen LogP contribution in [0.4, 0.5) is 0 Å². The molecular weight excluding hydrogens is 440 g/mol. The Hall–Kier alpha value is -2.02. The second-order valence-corrected chi connectivity index (χ2v) is 7.96. The van der Waals surface area contributed by atoms with E-state index in [1.165, 1.54) is 25.7 Å². The summed E-state index contributed by atoms with van der Waals surface area (Å²) in [6.45, 7) is 0.907. The molecule has 0 aromatic rings. The van der Waals surface area contributed by atoms with Crippen molar-refractivity contribution in [2.75, 3.05) is 19.8 Å². The Morgan fingerprint density at radius 2 is 1.42 bits per heavy atom. The molecule has 0 saturated heterocycles. The molecule has 0 spiro atoms. The molecule has 2 aliphatic heterocycles. The van der Waals surface area contributed by atoms with Crippen molar-refractivity contribution in [3.8, 4) is 0 Å². The molecule has 0 fully saturated rings. The minimum atomic E-state index is -1.93. The minimum Gasteiger partial charge on any atom is -0.506 e. The summed E-state index contributed by atoms with van der Waals surface area (Å²) >= 11 is 0. The molecule has 2 rings (SSSR count). The fourth-order valence-corrected chi connectivity index (χ4v) is 3.43. The number of aliphatic hydroxyl groups excluding tert-OH is 7. The molecule has 0 amide bonds. The van der Waals surface area contributed by atoms with Crippen molar-refractivity contribution in [3.05, 3.63) is 34.7 Å². The molecule has 11 nitrogen and oxygen atoms in total. The lowest BCUT2D eigenvalue weighted by molar-refractivity contribution is -0.219. The van der Waals surface area contributed by atoms with Crippen molar-refractivity contribution >= 4 is 0 Å². The molecule has 190 valence electrons. The van der Waals surface area contributed by atoms with Gasteiger partial charge in [-0.15, -0.1) is 0 Å². The van der Waals surface area contributed by atoms with Gasteiger partial charge in [0.1, 0.15) is 25.4 Å². The zero-order valence-electron chi connectivity index (χ0n) is 18.9. The van der Waals surface area contributed by atoms with Crippen LogP contribution in [0.2, 0.25) is 0 Å². The Morgan fingerprint density at radius 1 is 0.818 bits per heavy atom. The van der Waals surface area contributed by atoms with Crippen LogP contribution in [0.25, 0.3) is 0 Å². The topological polar surface area (TPSA) is 179 Å². The molecule has 0 aromatic heterocycles. The van der Waals surface area contributed by atoms with Gasteiger partial charge in [0.25, 0.3) is 0 Å². The first-order valence-electron chi connectivity index (χ1n) is 11.3. The first kappa shape index (κ1) is 27.2.